The highest BCUT2D eigenvalue weighted by molar-refractivity contribution is 5.83. The Morgan fingerprint density at radius 2 is 2.09 bits per heavy atom. The van der Waals surface area contributed by atoms with E-state index in [1.165, 1.54) is 12.1 Å². The molecule has 3 aliphatic heterocycles. The van der Waals surface area contributed by atoms with Gasteiger partial charge < -0.3 is 10.6 Å². The molecule has 1 aromatic carbocycles. The molecule has 1 aromatic rings. The Balaban J connectivity index is 1.22. The lowest BCUT2D eigenvalue weighted by Crippen LogP contribution is -2.53. The number of fused-ring (bicyclic) bond motifs is 3. The van der Waals surface area contributed by atoms with Gasteiger partial charge in [0.15, 0.2) is 0 Å². The lowest BCUT2D eigenvalue weighted by molar-refractivity contribution is -0.226. The van der Waals surface area contributed by atoms with Crippen molar-refractivity contribution in [2.75, 3.05) is 19.7 Å². The van der Waals surface area contributed by atoms with Crippen LogP contribution in [0.1, 0.15) is 43.4 Å². The molecule has 3 saturated heterocycles. The number of hydrogen-bond donors (Lipinski definition) is 1. The van der Waals surface area contributed by atoms with Crippen molar-refractivity contribution in [1.29, 1.82) is 5.26 Å². The number of hydrogen-bond acceptors (Lipinski definition) is 6. The number of alkyl halides is 3. The van der Waals surface area contributed by atoms with Gasteiger partial charge in [-0.3, -0.25) is 14.5 Å². The van der Waals surface area contributed by atoms with Crippen LogP contribution in [0.25, 0.3) is 0 Å². The molecule has 7 unspecified atom stereocenters. The minimum absolute atomic E-state index is 0.00190. The fraction of sp³-hybridized carbons (Fsp3) is 0.652. The van der Waals surface area contributed by atoms with Gasteiger partial charge in [0.2, 0.25) is 5.91 Å². The Morgan fingerprint density at radius 1 is 1.30 bits per heavy atom. The molecule has 178 valence electrons. The van der Waals surface area contributed by atoms with Crippen LogP contribution >= 0.6 is 0 Å². The number of halogens is 3. The van der Waals surface area contributed by atoms with E-state index in [-0.39, 0.29) is 36.1 Å². The first-order valence-electron chi connectivity index (χ1n) is 11.5. The molecule has 0 spiro atoms. The number of nitrogens with zero attached hydrogens (tertiary/aromatic N) is 4. The third-order valence-corrected chi connectivity index (χ3v) is 7.62. The van der Waals surface area contributed by atoms with Gasteiger partial charge in [0.05, 0.1) is 36.4 Å². The highest BCUT2D eigenvalue weighted by atomic mass is 19.4. The Morgan fingerprint density at radius 3 is 2.82 bits per heavy atom. The number of nitriles is 1. The van der Waals surface area contributed by atoms with Gasteiger partial charge in [-0.15, -0.1) is 0 Å². The van der Waals surface area contributed by atoms with Crippen LogP contribution in [0.5, 0.6) is 0 Å². The number of carbonyl (C=O) groups is 1. The molecule has 1 amide bonds. The summed E-state index contributed by atoms with van der Waals surface area (Å²) in [5.74, 6) is 0.277. The summed E-state index contributed by atoms with van der Waals surface area (Å²) < 4.78 is 39.4. The SMILES string of the molecule is CC(c1cccc(C(F)(F)F)c1)N1OCC2CC1CN2CC(N)C(=O)N1C(C#N)CC2CC21. The van der Waals surface area contributed by atoms with E-state index in [0.717, 1.165) is 25.3 Å². The van der Waals surface area contributed by atoms with Crippen molar-refractivity contribution in [3.63, 3.8) is 0 Å². The van der Waals surface area contributed by atoms with Gasteiger partial charge in [-0.2, -0.15) is 23.5 Å². The second kappa shape index (κ2) is 8.24. The van der Waals surface area contributed by atoms with E-state index < -0.39 is 17.8 Å². The lowest BCUT2D eigenvalue weighted by atomic mass is 10.0. The highest BCUT2D eigenvalue weighted by Crippen LogP contribution is 2.47. The van der Waals surface area contributed by atoms with Crippen LogP contribution in [0.15, 0.2) is 24.3 Å². The van der Waals surface area contributed by atoms with Crippen molar-refractivity contribution >= 4 is 5.91 Å². The molecule has 10 heteroatoms. The van der Waals surface area contributed by atoms with E-state index in [1.807, 2.05) is 6.92 Å². The monoisotopic (exact) mass is 463 g/mol. The lowest BCUT2D eigenvalue weighted by Gasteiger charge is -2.36. The second-order valence-corrected chi connectivity index (χ2v) is 9.75. The van der Waals surface area contributed by atoms with Crippen LogP contribution in [0, 0.1) is 17.2 Å². The normalized spacial score (nSPS) is 33.5. The number of hydroxylamine groups is 2. The fourth-order valence-electron chi connectivity index (χ4n) is 5.78. The van der Waals surface area contributed by atoms with Crippen LogP contribution in [0.4, 0.5) is 13.2 Å². The van der Waals surface area contributed by atoms with Crippen molar-refractivity contribution in [1.82, 2.24) is 14.9 Å². The Kier molecular flexibility index (Phi) is 5.64. The molecule has 7 atom stereocenters. The average molecular weight is 464 g/mol. The summed E-state index contributed by atoms with van der Waals surface area (Å²) in [6.45, 7) is 3.25. The third kappa shape index (κ3) is 4.12. The van der Waals surface area contributed by atoms with E-state index in [9.17, 15) is 23.2 Å². The summed E-state index contributed by atoms with van der Waals surface area (Å²) in [7, 11) is 0. The zero-order valence-electron chi connectivity index (χ0n) is 18.4. The van der Waals surface area contributed by atoms with Crippen molar-refractivity contribution in [2.24, 2.45) is 11.7 Å². The molecule has 0 radical (unpaired) electrons. The maximum atomic E-state index is 13.1. The standard InChI is InChI=1S/C23H28F3N5O2/c1-13(14-3-2-4-16(5-14)23(24,25)26)31-18-8-19(12-33-31)29(10-18)11-20(28)22(32)30-17(9-27)6-15-7-21(15)30/h2-5,13,15,17-21H,6-8,10-12,28H2,1H3. The van der Waals surface area contributed by atoms with Crippen LogP contribution in [-0.2, 0) is 15.8 Å². The summed E-state index contributed by atoms with van der Waals surface area (Å²) in [6.07, 6.45) is -1.89. The van der Waals surface area contributed by atoms with Crippen LogP contribution in [0.2, 0.25) is 0 Å². The Hall–Kier alpha value is -2.19. The van der Waals surface area contributed by atoms with Gasteiger partial charge in [-0.1, -0.05) is 12.1 Å². The van der Waals surface area contributed by atoms with Gasteiger partial charge in [-0.25, -0.2) is 0 Å². The molecule has 3 heterocycles. The number of amides is 1. The third-order valence-electron chi connectivity index (χ3n) is 7.62. The predicted octanol–water partition coefficient (Wildman–Crippen LogP) is 2.30. The predicted molar refractivity (Wildman–Crippen MR) is 112 cm³/mol. The summed E-state index contributed by atoms with van der Waals surface area (Å²) in [4.78, 5) is 22.8. The van der Waals surface area contributed by atoms with Crippen molar-refractivity contribution in [2.45, 2.75) is 68.6 Å². The van der Waals surface area contributed by atoms with E-state index in [4.69, 9.17) is 10.6 Å². The molecule has 33 heavy (non-hydrogen) atoms. The molecule has 7 nitrogen and oxygen atoms in total. The number of nitrogens with two attached hydrogens (primary N) is 1. The molecule has 2 bridgehead atoms. The molecule has 5 rings (SSSR count). The van der Waals surface area contributed by atoms with Gasteiger partial charge >= 0.3 is 6.18 Å². The molecule has 4 fully saturated rings. The highest BCUT2D eigenvalue weighted by Gasteiger charge is 2.55. The number of benzene rings is 1. The molecule has 0 aromatic heterocycles. The van der Waals surface area contributed by atoms with Crippen molar-refractivity contribution in [3.05, 3.63) is 35.4 Å². The number of rotatable bonds is 5. The Labute approximate surface area is 190 Å². The van der Waals surface area contributed by atoms with E-state index >= 15 is 0 Å². The fourth-order valence-corrected chi connectivity index (χ4v) is 5.78. The van der Waals surface area contributed by atoms with Gasteiger partial charge in [0, 0.05) is 25.2 Å². The molecular weight excluding hydrogens is 435 g/mol. The molecule has 1 saturated carbocycles. The molecule has 2 N–H and O–H groups in total. The van der Waals surface area contributed by atoms with Crippen LogP contribution in [-0.4, -0.2) is 70.7 Å². The summed E-state index contributed by atoms with van der Waals surface area (Å²) in [5.41, 5.74) is 6.17. The number of carbonyl (C=O) groups excluding carboxylic acids is 1. The summed E-state index contributed by atoms with van der Waals surface area (Å²) in [6, 6.07) is 6.41. The first-order chi connectivity index (χ1) is 15.7. The first kappa shape index (κ1) is 22.6. The average Bonchev–Trinajstić information content (AvgIpc) is 3.35. The van der Waals surface area contributed by atoms with Gasteiger partial charge in [-0.05, 0) is 49.8 Å². The van der Waals surface area contributed by atoms with E-state index in [1.54, 1.807) is 16.0 Å². The minimum Gasteiger partial charge on any atom is -0.322 e. The zero-order valence-corrected chi connectivity index (χ0v) is 18.4. The molecule has 1 aliphatic carbocycles. The second-order valence-electron chi connectivity index (χ2n) is 9.75. The Bertz CT molecular complexity index is 966. The van der Waals surface area contributed by atoms with Crippen LogP contribution in [0.3, 0.4) is 0 Å². The maximum Gasteiger partial charge on any atom is 0.416 e. The number of piperidine rings is 1. The quantitative estimate of drug-likeness (QED) is 0.721. The summed E-state index contributed by atoms with van der Waals surface area (Å²) in [5, 5.41) is 11.2. The molecular formula is C23H28F3N5O2. The smallest absolute Gasteiger partial charge is 0.322 e. The largest absolute Gasteiger partial charge is 0.416 e. The van der Waals surface area contributed by atoms with Gasteiger partial charge in [0.25, 0.3) is 0 Å². The number of likely N-dealkylation sites (tertiary alicyclic amines) is 2. The maximum absolute atomic E-state index is 13.1. The van der Waals surface area contributed by atoms with E-state index in [0.29, 0.717) is 31.2 Å². The van der Waals surface area contributed by atoms with Crippen molar-refractivity contribution in [3.8, 4) is 6.07 Å². The topological polar surface area (TPSA) is 85.8 Å². The first-order valence-corrected chi connectivity index (χ1v) is 11.5. The van der Waals surface area contributed by atoms with Gasteiger partial charge in [0.1, 0.15) is 6.04 Å². The summed E-state index contributed by atoms with van der Waals surface area (Å²) >= 11 is 0. The minimum atomic E-state index is -4.39. The zero-order chi connectivity index (χ0) is 23.5. The van der Waals surface area contributed by atoms with Crippen LogP contribution < -0.4 is 5.73 Å². The van der Waals surface area contributed by atoms with Crippen molar-refractivity contribution < 1.29 is 22.8 Å². The van der Waals surface area contributed by atoms with E-state index in [2.05, 4.69) is 11.0 Å². The molecule has 4 aliphatic rings.